The zero-order valence-corrected chi connectivity index (χ0v) is 26.3. The van der Waals surface area contributed by atoms with E-state index < -0.39 is 23.7 Å². The number of benzene rings is 4. The maximum Gasteiger partial charge on any atom is 0.490 e. The van der Waals surface area contributed by atoms with Crippen molar-refractivity contribution in [3.05, 3.63) is 132 Å². The molecule has 6 aromatic rings. The molecule has 0 saturated heterocycles. The topological polar surface area (TPSA) is 139 Å². The summed E-state index contributed by atoms with van der Waals surface area (Å²) in [7, 11) is 0. The van der Waals surface area contributed by atoms with Crippen LogP contribution in [0.2, 0.25) is 0 Å². The number of amides is 1. The number of carbonyl (C=O) groups excluding carboxylic acids is 1. The number of hydrogen-bond acceptors (Lipinski definition) is 5. The summed E-state index contributed by atoms with van der Waals surface area (Å²) >= 11 is 0. The van der Waals surface area contributed by atoms with Gasteiger partial charge in [-0.05, 0) is 47.4 Å². The van der Waals surface area contributed by atoms with Crippen molar-refractivity contribution >= 4 is 33.6 Å². The van der Waals surface area contributed by atoms with E-state index >= 15 is 0 Å². The number of nitrogens with one attached hydrogen (secondary N) is 2. The molecule has 5 N–H and O–H groups in total. The summed E-state index contributed by atoms with van der Waals surface area (Å²) in [6, 6.07) is 32.7. The third-order valence-corrected chi connectivity index (χ3v) is 7.81. The first-order valence-corrected chi connectivity index (χ1v) is 15.2. The molecule has 48 heavy (non-hydrogen) atoms. The van der Waals surface area contributed by atoms with Gasteiger partial charge in [0.1, 0.15) is 5.82 Å². The smallest absolute Gasteiger partial charge is 0.475 e. The van der Waals surface area contributed by atoms with Gasteiger partial charge in [-0.2, -0.15) is 13.2 Å². The zero-order valence-electron chi connectivity index (χ0n) is 26.3. The van der Waals surface area contributed by atoms with Gasteiger partial charge in [0.25, 0.3) is 0 Å². The fourth-order valence-electron chi connectivity index (χ4n) is 5.36. The molecule has 248 valence electrons. The highest BCUT2D eigenvalue weighted by Crippen LogP contribution is 2.27. The van der Waals surface area contributed by atoms with E-state index in [0.717, 1.165) is 33.4 Å². The molecular formula is C36H35F3N6O3. The number of hydrogen-bond donors (Lipinski definition) is 4. The van der Waals surface area contributed by atoms with Gasteiger partial charge in [0, 0.05) is 29.9 Å². The highest BCUT2D eigenvalue weighted by atomic mass is 19.4. The van der Waals surface area contributed by atoms with Crippen molar-refractivity contribution in [2.75, 3.05) is 0 Å². The zero-order chi connectivity index (χ0) is 34.5. The van der Waals surface area contributed by atoms with Gasteiger partial charge < -0.3 is 25.7 Å². The minimum absolute atomic E-state index is 0.244. The Bertz CT molecular complexity index is 2020. The van der Waals surface area contributed by atoms with Crippen LogP contribution in [0.25, 0.3) is 21.7 Å². The fourth-order valence-corrected chi connectivity index (χ4v) is 5.36. The third kappa shape index (κ3) is 8.07. The Morgan fingerprint density at radius 1 is 0.875 bits per heavy atom. The van der Waals surface area contributed by atoms with Gasteiger partial charge in [-0.3, -0.25) is 4.79 Å². The van der Waals surface area contributed by atoms with Crippen molar-refractivity contribution in [2.24, 2.45) is 5.73 Å². The van der Waals surface area contributed by atoms with E-state index in [1.807, 2.05) is 36.5 Å². The van der Waals surface area contributed by atoms with E-state index in [4.69, 9.17) is 25.8 Å². The third-order valence-electron chi connectivity index (χ3n) is 7.81. The summed E-state index contributed by atoms with van der Waals surface area (Å²) in [5.74, 6) is -1.46. The number of fused-ring (bicyclic) bond motifs is 2. The molecule has 0 aliphatic carbocycles. The summed E-state index contributed by atoms with van der Waals surface area (Å²) < 4.78 is 33.9. The van der Waals surface area contributed by atoms with Crippen LogP contribution in [-0.2, 0) is 29.0 Å². The molecule has 1 amide bonds. The molecule has 0 bridgehead atoms. The highest BCUT2D eigenvalue weighted by molar-refractivity contribution is 5.87. The Hall–Kier alpha value is -5.49. The molecule has 0 aliphatic heterocycles. The summed E-state index contributed by atoms with van der Waals surface area (Å²) in [4.78, 5) is 25.5. The first-order chi connectivity index (χ1) is 22.8. The van der Waals surface area contributed by atoms with Crippen LogP contribution < -0.4 is 11.1 Å². The van der Waals surface area contributed by atoms with E-state index in [9.17, 15) is 18.0 Å². The average Bonchev–Trinajstić information content (AvgIpc) is 3.64. The van der Waals surface area contributed by atoms with Gasteiger partial charge in [-0.15, -0.1) is 10.2 Å². The van der Waals surface area contributed by atoms with Gasteiger partial charge in [-0.25, -0.2) is 4.79 Å². The fraction of sp³-hybridized carbons (Fsp3) is 0.222. The van der Waals surface area contributed by atoms with Crippen molar-refractivity contribution in [2.45, 2.75) is 51.0 Å². The van der Waals surface area contributed by atoms with Crippen LogP contribution in [0.5, 0.6) is 0 Å². The Morgan fingerprint density at radius 3 is 2.19 bits per heavy atom. The number of para-hydroxylation sites is 1. The molecule has 0 saturated carbocycles. The number of aromatic amines is 1. The summed E-state index contributed by atoms with van der Waals surface area (Å²) in [5.41, 5.74) is 9.63. The SMILES string of the molecule is CC(C)(N)C(=O)N[C@H](Cc1c[nH]c2ccccc12)c1nnc(Cc2ccccc2)n1Cc1cccc2ccccc12.O=C(O)C(F)(F)F. The van der Waals surface area contributed by atoms with Crippen molar-refractivity contribution in [1.82, 2.24) is 25.1 Å². The van der Waals surface area contributed by atoms with E-state index in [0.29, 0.717) is 25.2 Å². The molecule has 12 heteroatoms. The number of alkyl halides is 3. The number of halogens is 3. The number of H-pyrrole nitrogens is 1. The predicted octanol–water partition coefficient (Wildman–Crippen LogP) is 6.32. The molecule has 0 spiro atoms. The lowest BCUT2D eigenvalue weighted by Crippen LogP contribution is -2.50. The maximum atomic E-state index is 13.3. The van der Waals surface area contributed by atoms with Crippen LogP contribution in [0.1, 0.15) is 48.2 Å². The van der Waals surface area contributed by atoms with Crippen molar-refractivity contribution < 1.29 is 27.9 Å². The van der Waals surface area contributed by atoms with E-state index in [2.05, 4.69) is 81.6 Å². The summed E-state index contributed by atoms with van der Waals surface area (Å²) in [6.07, 6.45) is -1.92. The lowest BCUT2D eigenvalue weighted by Gasteiger charge is -2.25. The summed E-state index contributed by atoms with van der Waals surface area (Å²) in [6.45, 7) is 4.00. The average molecular weight is 657 g/mol. The Labute approximate surface area is 274 Å². The first-order valence-electron chi connectivity index (χ1n) is 15.2. The second-order valence-corrected chi connectivity index (χ2v) is 12.0. The number of aliphatic carboxylic acids is 1. The molecule has 2 aromatic heterocycles. The van der Waals surface area contributed by atoms with Gasteiger partial charge in [-0.1, -0.05) is 91.0 Å². The second kappa shape index (κ2) is 14.1. The van der Waals surface area contributed by atoms with Crippen molar-refractivity contribution in [3.63, 3.8) is 0 Å². The van der Waals surface area contributed by atoms with Crippen LogP contribution in [0.3, 0.4) is 0 Å². The minimum Gasteiger partial charge on any atom is -0.475 e. The van der Waals surface area contributed by atoms with Gasteiger partial charge in [0.15, 0.2) is 5.82 Å². The van der Waals surface area contributed by atoms with Crippen LogP contribution in [-0.4, -0.2) is 48.4 Å². The molecule has 9 nitrogen and oxygen atoms in total. The van der Waals surface area contributed by atoms with Crippen LogP contribution in [0.15, 0.2) is 103 Å². The predicted molar refractivity (Wildman–Crippen MR) is 177 cm³/mol. The van der Waals surface area contributed by atoms with Gasteiger partial charge >= 0.3 is 12.1 Å². The Balaban J connectivity index is 0.000000582. The van der Waals surface area contributed by atoms with Crippen LogP contribution in [0.4, 0.5) is 13.2 Å². The van der Waals surface area contributed by atoms with Crippen molar-refractivity contribution in [3.8, 4) is 0 Å². The van der Waals surface area contributed by atoms with E-state index in [1.165, 1.54) is 10.8 Å². The minimum atomic E-state index is -5.08. The number of aromatic nitrogens is 4. The van der Waals surface area contributed by atoms with E-state index in [1.54, 1.807) is 13.8 Å². The number of nitrogens with two attached hydrogens (primary N) is 1. The standard InChI is InChI=1S/C34H34N6O.C2HF3O2/c1-34(2,35)33(41)37-30(20-26-21-36-29-18-9-8-17-28(26)29)32-39-38-31(19-23-11-4-3-5-12-23)40(32)22-25-15-10-14-24-13-6-7-16-27(24)25;3-2(4,5)1(6)7/h3-18,21,30,36H,19-20,22,35H2,1-2H3,(H,37,41);(H,6,7)/t30-;/m1./s1. The molecule has 4 aromatic carbocycles. The second-order valence-electron chi connectivity index (χ2n) is 12.0. The molecule has 0 radical (unpaired) electrons. The first kappa shape index (κ1) is 33.9. The normalized spacial score (nSPS) is 12.4. The number of nitrogens with zero attached hydrogens (tertiary/aromatic N) is 3. The Morgan fingerprint density at radius 2 is 1.50 bits per heavy atom. The van der Waals surface area contributed by atoms with Crippen LogP contribution >= 0.6 is 0 Å². The quantitative estimate of drug-likeness (QED) is 0.144. The number of rotatable bonds is 9. The molecule has 1 atom stereocenters. The molecule has 6 rings (SSSR count). The highest BCUT2D eigenvalue weighted by Gasteiger charge is 2.38. The lowest BCUT2D eigenvalue weighted by molar-refractivity contribution is -0.192. The van der Waals surface area contributed by atoms with Gasteiger partial charge in [0.2, 0.25) is 5.91 Å². The van der Waals surface area contributed by atoms with Gasteiger partial charge in [0.05, 0.1) is 18.1 Å². The number of carboxylic acids is 1. The molecular weight excluding hydrogens is 621 g/mol. The molecule has 2 heterocycles. The summed E-state index contributed by atoms with van der Waals surface area (Å²) in [5, 5.41) is 23.2. The number of carbonyl (C=O) groups is 2. The largest absolute Gasteiger partial charge is 0.490 e. The lowest BCUT2D eigenvalue weighted by atomic mass is 10.0. The maximum absolute atomic E-state index is 13.3. The molecule has 0 unspecified atom stereocenters. The van der Waals surface area contributed by atoms with E-state index in [-0.39, 0.29) is 5.91 Å². The monoisotopic (exact) mass is 656 g/mol. The van der Waals surface area contributed by atoms with Crippen LogP contribution in [0, 0.1) is 0 Å². The Kier molecular flexibility index (Phi) is 9.95. The number of carboxylic acid groups (broad SMARTS) is 1. The molecule has 0 aliphatic rings. The molecule has 0 fully saturated rings. The van der Waals surface area contributed by atoms with Crippen molar-refractivity contribution in [1.29, 1.82) is 0 Å².